The van der Waals surface area contributed by atoms with Gasteiger partial charge in [-0.3, -0.25) is 4.98 Å². The first-order valence-electron chi connectivity index (χ1n) is 5.60. The maximum absolute atomic E-state index is 11.6. The van der Waals surface area contributed by atoms with Crippen LogP contribution in [0.4, 0.5) is 0 Å². The van der Waals surface area contributed by atoms with E-state index in [1.165, 1.54) is 0 Å². The smallest absolute Gasteiger partial charge is 0.154 e. The van der Waals surface area contributed by atoms with E-state index in [1.54, 1.807) is 12.4 Å². The minimum absolute atomic E-state index is 0.233. The summed E-state index contributed by atoms with van der Waals surface area (Å²) in [6.45, 7) is 1.08. The molecule has 1 aliphatic rings. The summed E-state index contributed by atoms with van der Waals surface area (Å²) >= 11 is 5.95. The summed E-state index contributed by atoms with van der Waals surface area (Å²) in [4.78, 5) is 3.90. The summed E-state index contributed by atoms with van der Waals surface area (Å²) in [6, 6.07) is 1.83. The molecule has 0 spiro atoms. The molecular formula is C11H15ClN2O2S. The SMILES string of the molecule is O=S1(=O)CCCC1CNCc1ccncc1Cl. The number of aromatic nitrogens is 1. The van der Waals surface area contributed by atoms with Gasteiger partial charge in [0.05, 0.1) is 16.0 Å². The van der Waals surface area contributed by atoms with E-state index in [2.05, 4.69) is 10.3 Å². The number of pyridine rings is 1. The van der Waals surface area contributed by atoms with Crippen LogP contribution in [-0.4, -0.2) is 30.9 Å². The summed E-state index contributed by atoms with van der Waals surface area (Å²) in [6.07, 6.45) is 4.81. The number of rotatable bonds is 4. The number of hydrogen-bond acceptors (Lipinski definition) is 4. The van der Waals surface area contributed by atoms with Gasteiger partial charge in [0.1, 0.15) is 0 Å². The lowest BCUT2D eigenvalue weighted by Crippen LogP contribution is -2.30. The van der Waals surface area contributed by atoms with Crippen molar-refractivity contribution in [3.05, 3.63) is 29.0 Å². The molecule has 4 nitrogen and oxygen atoms in total. The Hall–Kier alpha value is -0.650. The molecule has 94 valence electrons. The first kappa shape index (κ1) is 12.8. The van der Waals surface area contributed by atoms with Gasteiger partial charge in [-0.05, 0) is 24.5 Å². The van der Waals surface area contributed by atoms with Crippen molar-refractivity contribution in [1.29, 1.82) is 0 Å². The fraction of sp³-hybridized carbons (Fsp3) is 0.545. The monoisotopic (exact) mass is 274 g/mol. The predicted molar refractivity (Wildman–Crippen MR) is 67.8 cm³/mol. The molecule has 0 saturated carbocycles. The molecule has 1 N–H and O–H groups in total. The lowest BCUT2D eigenvalue weighted by molar-refractivity contribution is 0.574. The van der Waals surface area contributed by atoms with Crippen LogP contribution in [-0.2, 0) is 16.4 Å². The molecule has 17 heavy (non-hydrogen) atoms. The van der Waals surface area contributed by atoms with Crippen molar-refractivity contribution in [1.82, 2.24) is 10.3 Å². The minimum atomic E-state index is -2.86. The standard InChI is InChI=1S/C11H15ClN2O2S/c12-11-8-13-4-3-9(11)6-14-7-10-2-1-5-17(10,15)16/h3-4,8,10,14H,1-2,5-7H2. The van der Waals surface area contributed by atoms with Crippen LogP contribution < -0.4 is 5.32 Å². The van der Waals surface area contributed by atoms with Gasteiger partial charge in [0, 0.05) is 25.5 Å². The zero-order valence-corrected chi connectivity index (χ0v) is 11.0. The molecule has 2 heterocycles. The molecule has 6 heteroatoms. The average Bonchev–Trinajstić information content (AvgIpc) is 2.61. The van der Waals surface area contributed by atoms with Crippen LogP contribution in [0.2, 0.25) is 5.02 Å². The Morgan fingerprint density at radius 2 is 2.35 bits per heavy atom. The van der Waals surface area contributed by atoms with Crippen LogP contribution in [0.25, 0.3) is 0 Å². The normalized spacial score (nSPS) is 22.8. The van der Waals surface area contributed by atoms with Crippen LogP contribution in [0.3, 0.4) is 0 Å². The first-order chi connectivity index (χ1) is 8.09. The molecule has 1 fully saturated rings. The van der Waals surface area contributed by atoms with Gasteiger partial charge in [-0.15, -0.1) is 0 Å². The molecule has 1 saturated heterocycles. The van der Waals surface area contributed by atoms with E-state index in [1.807, 2.05) is 6.07 Å². The summed E-state index contributed by atoms with van der Waals surface area (Å²) in [7, 11) is -2.86. The fourth-order valence-electron chi connectivity index (χ4n) is 2.00. The van der Waals surface area contributed by atoms with Crippen LogP contribution in [0, 0.1) is 0 Å². The van der Waals surface area contributed by atoms with E-state index in [0.717, 1.165) is 18.4 Å². The molecule has 1 aliphatic heterocycles. The van der Waals surface area contributed by atoms with Gasteiger partial charge in [0.25, 0.3) is 0 Å². The van der Waals surface area contributed by atoms with Crippen LogP contribution >= 0.6 is 11.6 Å². The largest absolute Gasteiger partial charge is 0.311 e. The predicted octanol–water partition coefficient (Wildman–Crippen LogP) is 1.40. The second-order valence-corrected chi connectivity index (χ2v) is 7.04. The molecule has 1 aromatic rings. The zero-order chi connectivity index (χ0) is 12.3. The van der Waals surface area contributed by atoms with Gasteiger partial charge in [0.15, 0.2) is 9.84 Å². The lowest BCUT2D eigenvalue weighted by Gasteiger charge is -2.11. The van der Waals surface area contributed by atoms with Crippen molar-refractivity contribution in [2.24, 2.45) is 0 Å². The van der Waals surface area contributed by atoms with E-state index in [-0.39, 0.29) is 5.25 Å². The molecule has 1 aromatic heterocycles. The molecule has 0 amide bonds. The van der Waals surface area contributed by atoms with Crippen molar-refractivity contribution in [3.8, 4) is 0 Å². The molecular weight excluding hydrogens is 260 g/mol. The van der Waals surface area contributed by atoms with Gasteiger partial charge < -0.3 is 5.32 Å². The van der Waals surface area contributed by atoms with Gasteiger partial charge in [-0.2, -0.15) is 0 Å². The number of sulfone groups is 1. The Labute approximate surface area is 106 Å². The van der Waals surface area contributed by atoms with E-state index >= 15 is 0 Å². The van der Waals surface area contributed by atoms with Crippen molar-refractivity contribution >= 4 is 21.4 Å². The van der Waals surface area contributed by atoms with Gasteiger partial charge in [-0.1, -0.05) is 11.6 Å². The van der Waals surface area contributed by atoms with Gasteiger partial charge >= 0.3 is 0 Å². The third-order valence-corrected chi connectivity index (χ3v) is 5.62. The molecule has 2 rings (SSSR count). The number of nitrogens with one attached hydrogen (secondary N) is 1. The number of halogens is 1. The van der Waals surface area contributed by atoms with Crippen molar-refractivity contribution in [2.45, 2.75) is 24.6 Å². The van der Waals surface area contributed by atoms with E-state index < -0.39 is 9.84 Å². The Morgan fingerprint density at radius 1 is 1.53 bits per heavy atom. The molecule has 0 radical (unpaired) electrons. The average molecular weight is 275 g/mol. The molecule has 0 bridgehead atoms. The van der Waals surface area contributed by atoms with E-state index in [0.29, 0.717) is 23.9 Å². The zero-order valence-electron chi connectivity index (χ0n) is 9.39. The summed E-state index contributed by atoms with van der Waals surface area (Å²) in [5.74, 6) is 0.329. The van der Waals surface area contributed by atoms with Crippen molar-refractivity contribution in [3.63, 3.8) is 0 Å². The Bertz CT molecular complexity index is 490. The Balaban J connectivity index is 1.86. The highest BCUT2D eigenvalue weighted by atomic mass is 35.5. The molecule has 0 aliphatic carbocycles. The molecule has 0 aromatic carbocycles. The summed E-state index contributed by atoms with van der Waals surface area (Å²) < 4.78 is 23.2. The van der Waals surface area contributed by atoms with Gasteiger partial charge in [0.2, 0.25) is 0 Å². The summed E-state index contributed by atoms with van der Waals surface area (Å²) in [5, 5.41) is 3.52. The number of nitrogens with zero attached hydrogens (tertiary/aromatic N) is 1. The highest BCUT2D eigenvalue weighted by Crippen LogP contribution is 2.19. The quantitative estimate of drug-likeness (QED) is 0.902. The van der Waals surface area contributed by atoms with Crippen molar-refractivity contribution < 1.29 is 8.42 Å². The van der Waals surface area contributed by atoms with Crippen LogP contribution in [0.5, 0.6) is 0 Å². The molecule has 1 unspecified atom stereocenters. The summed E-state index contributed by atoms with van der Waals surface area (Å²) in [5.41, 5.74) is 0.942. The first-order valence-corrected chi connectivity index (χ1v) is 7.69. The minimum Gasteiger partial charge on any atom is -0.311 e. The van der Waals surface area contributed by atoms with Gasteiger partial charge in [-0.25, -0.2) is 8.42 Å². The highest BCUT2D eigenvalue weighted by Gasteiger charge is 2.30. The number of hydrogen-bond donors (Lipinski definition) is 1. The third-order valence-electron chi connectivity index (χ3n) is 3.01. The van der Waals surface area contributed by atoms with Crippen LogP contribution in [0.1, 0.15) is 18.4 Å². The topological polar surface area (TPSA) is 59.1 Å². The maximum atomic E-state index is 11.6. The van der Waals surface area contributed by atoms with Crippen molar-refractivity contribution in [2.75, 3.05) is 12.3 Å². The fourth-order valence-corrected chi connectivity index (χ4v) is 3.99. The molecule has 1 atom stereocenters. The lowest BCUT2D eigenvalue weighted by atomic mass is 10.2. The van der Waals surface area contributed by atoms with Crippen LogP contribution in [0.15, 0.2) is 18.5 Å². The second kappa shape index (κ2) is 5.33. The van der Waals surface area contributed by atoms with E-state index in [9.17, 15) is 8.42 Å². The Kier molecular flexibility index (Phi) is 4.01. The third kappa shape index (κ3) is 3.18. The highest BCUT2D eigenvalue weighted by molar-refractivity contribution is 7.92. The maximum Gasteiger partial charge on any atom is 0.154 e. The Morgan fingerprint density at radius 3 is 3.00 bits per heavy atom. The second-order valence-electron chi connectivity index (χ2n) is 4.23. The van der Waals surface area contributed by atoms with E-state index in [4.69, 9.17) is 11.6 Å².